The van der Waals surface area contributed by atoms with Crippen LogP contribution in [0.5, 0.6) is 0 Å². The third kappa shape index (κ3) is 4.61. The van der Waals surface area contributed by atoms with Crippen molar-refractivity contribution in [3.63, 3.8) is 0 Å². The fourth-order valence-corrected chi connectivity index (χ4v) is 4.10. The highest BCUT2D eigenvalue weighted by Crippen LogP contribution is 2.32. The fourth-order valence-electron chi connectivity index (χ4n) is 3.97. The van der Waals surface area contributed by atoms with E-state index in [0.717, 1.165) is 16.7 Å². The second-order valence-corrected chi connectivity index (χ2v) is 8.16. The van der Waals surface area contributed by atoms with Crippen molar-refractivity contribution in [2.24, 2.45) is 0 Å². The van der Waals surface area contributed by atoms with E-state index in [0.29, 0.717) is 42.3 Å². The van der Waals surface area contributed by atoms with Crippen LogP contribution >= 0.6 is 11.6 Å². The number of rotatable bonds is 8. The third-order valence-corrected chi connectivity index (χ3v) is 5.91. The van der Waals surface area contributed by atoms with Crippen LogP contribution < -0.4 is 0 Å². The van der Waals surface area contributed by atoms with Gasteiger partial charge in [-0.1, -0.05) is 84.4 Å². The van der Waals surface area contributed by atoms with Crippen molar-refractivity contribution < 1.29 is 9.59 Å². The average molecular weight is 445 g/mol. The van der Waals surface area contributed by atoms with E-state index in [2.05, 4.69) is 0 Å². The van der Waals surface area contributed by atoms with Gasteiger partial charge in [-0.15, -0.1) is 0 Å². The molecule has 5 heteroatoms. The molecule has 0 aliphatic carbocycles. The summed E-state index contributed by atoms with van der Waals surface area (Å²) in [7, 11) is 0. The molecule has 0 bridgehead atoms. The number of benzene rings is 3. The third-order valence-electron chi connectivity index (χ3n) is 5.66. The number of halogens is 1. The number of hydrogen-bond acceptors (Lipinski definition) is 3. The van der Waals surface area contributed by atoms with Crippen LogP contribution in [-0.2, 0) is 22.6 Å². The molecule has 1 heterocycles. The Balaban J connectivity index is 1.66. The summed E-state index contributed by atoms with van der Waals surface area (Å²) in [6.45, 7) is 3.51. The maximum Gasteiger partial charge on any atom is 0.277 e. The lowest BCUT2D eigenvalue weighted by molar-refractivity contribution is -0.137. The van der Waals surface area contributed by atoms with E-state index in [1.807, 2.05) is 96.8 Å². The zero-order valence-corrected chi connectivity index (χ0v) is 18.8. The summed E-state index contributed by atoms with van der Waals surface area (Å²) in [5, 5.41) is 0.664. The Hall–Kier alpha value is -3.37. The van der Waals surface area contributed by atoms with Crippen LogP contribution in [0.1, 0.15) is 23.6 Å². The van der Waals surface area contributed by atoms with E-state index >= 15 is 0 Å². The maximum absolute atomic E-state index is 13.6. The highest BCUT2D eigenvalue weighted by Gasteiger charge is 2.40. The summed E-state index contributed by atoms with van der Waals surface area (Å²) in [5.41, 5.74) is 3.84. The van der Waals surface area contributed by atoms with Gasteiger partial charge in [-0.3, -0.25) is 14.5 Å². The molecule has 0 radical (unpaired) electrons. The molecule has 0 aromatic heterocycles. The van der Waals surface area contributed by atoms with E-state index in [1.54, 1.807) is 0 Å². The first-order chi connectivity index (χ1) is 15.6. The number of imide groups is 1. The zero-order valence-electron chi connectivity index (χ0n) is 18.0. The largest absolute Gasteiger partial charge is 0.362 e. The van der Waals surface area contributed by atoms with E-state index in [9.17, 15) is 9.59 Å². The fraction of sp³-hybridized carbons (Fsp3) is 0.185. The molecule has 0 saturated heterocycles. The van der Waals surface area contributed by atoms with Crippen LogP contribution in [0, 0.1) is 0 Å². The molecule has 0 fully saturated rings. The summed E-state index contributed by atoms with van der Waals surface area (Å²) >= 11 is 5.98. The molecule has 0 spiro atoms. The lowest BCUT2D eigenvalue weighted by atomic mass is 10.0. The van der Waals surface area contributed by atoms with Gasteiger partial charge in [0.25, 0.3) is 11.8 Å². The van der Waals surface area contributed by atoms with Crippen molar-refractivity contribution in [2.75, 3.05) is 13.1 Å². The van der Waals surface area contributed by atoms with Crippen LogP contribution in [0.25, 0.3) is 5.57 Å². The van der Waals surface area contributed by atoms with E-state index in [4.69, 9.17) is 11.6 Å². The molecule has 1 aliphatic heterocycles. The van der Waals surface area contributed by atoms with Crippen LogP contribution in [0.2, 0.25) is 5.02 Å². The van der Waals surface area contributed by atoms with Gasteiger partial charge < -0.3 is 4.90 Å². The highest BCUT2D eigenvalue weighted by molar-refractivity contribution is 6.35. The monoisotopic (exact) mass is 444 g/mol. The highest BCUT2D eigenvalue weighted by atomic mass is 35.5. The minimum Gasteiger partial charge on any atom is -0.362 e. The number of carbonyl (C=O) groups excluding carboxylic acids is 2. The number of hydrogen-bond donors (Lipinski definition) is 0. The van der Waals surface area contributed by atoms with Gasteiger partial charge >= 0.3 is 0 Å². The first-order valence-corrected chi connectivity index (χ1v) is 11.2. The van der Waals surface area contributed by atoms with E-state index in [1.165, 1.54) is 4.90 Å². The van der Waals surface area contributed by atoms with E-state index < -0.39 is 0 Å². The topological polar surface area (TPSA) is 40.6 Å². The minimum absolute atomic E-state index is 0.236. The van der Waals surface area contributed by atoms with Gasteiger partial charge in [0.1, 0.15) is 5.70 Å². The predicted octanol–water partition coefficient (Wildman–Crippen LogP) is 5.18. The van der Waals surface area contributed by atoms with Gasteiger partial charge in [0.2, 0.25) is 0 Å². The SMILES string of the molecule is CCN(Cc1ccccc1)C1=C(c2ccccc2)C(=O)N(CCc2ccc(Cl)cc2)C1=O. The molecule has 3 aromatic rings. The van der Waals surface area contributed by atoms with Crippen LogP contribution in [0.15, 0.2) is 90.6 Å². The molecule has 4 nitrogen and oxygen atoms in total. The Morgan fingerprint density at radius 3 is 2.03 bits per heavy atom. The van der Waals surface area contributed by atoms with E-state index in [-0.39, 0.29) is 11.8 Å². The first-order valence-electron chi connectivity index (χ1n) is 10.8. The Labute approximate surface area is 193 Å². The van der Waals surface area contributed by atoms with Crippen molar-refractivity contribution in [3.05, 3.63) is 112 Å². The maximum atomic E-state index is 13.6. The molecular weight excluding hydrogens is 420 g/mol. The predicted molar refractivity (Wildman–Crippen MR) is 128 cm³/mol. The second-order valence-electron chi connectivity index (χ2n) is 7.73. The van der Waals surface area contributed by atoms with Crippen molar-refractivity contribution in [1.82, 2.24) is 9.80 Å². The van der Waals surface area contributed by atoms with Gasteiger partial charge in [0.05, 0.1) is 5.57 Å². The molecule has 0 N–H and O–H groups in total. The molecule has 2 amide bonds. The average Bonchev–Trinajstić information content (AvgIpc) is 3.08. The molecule has 1 aliphatic rings. The van der Waals surface area contributed by atoms with Crippen LogP contribution in [0.3, 0.4) is 0 Å². The van der Waals surface area contributed by atoms with Gasteiger partial charge in [-0.2, -0.15) is 0 Å². The van der Waals surface area contributed by atoms with Gasteiger partial charge in [0.15, 0.2) is 0 Å². The number of likely N-dealkylation sites (N-methyl/N-ethyl adjacent to an activating group) is 1. The standard InChI is InChI=1S/C27H25ClN2O2/c1-2-29(19-21-9-5-3-6-10-21)25-24(22-11-7-4-8-12-22)26(31)30(27(25)32)18-17-20-13-15-23(28)16-14-20/h3-16H,2,17-19H2,1H3. The quantitative estimate of drug-likeness (QED) is 0.449. The zero-order chi connectivity index (χ0) is 22.5. The molecule has 0 saturated carbocycles. The van der Waals surface area contributed by atoms with Crippen LogP contribution in [0.4, 0.5) is 0 Å². The molecule has 0 atom stereocenters. The number of amides is 2. The molecule has 162 valence electrons. The lowest BCUT2D eigenvalue weighted by Gasteiger charge is -2.25. The summed E-state index contributed by atoms with van der Waals surface area (Å²) < 4.78 is 0. The summed E-state index contributed by atoms with van der Waals surface area (Å²) in [6.07, 6.45) is 0.578. The minimum atomic E-state index is -0.239. The molecule has 3 aromatic carbocycles. The Morgan fingerprint density at radius 1 is 0.781 bits per heavy atom. The molecule has 0 unspecified atom stereocenters. The Kier molecular flexibility index (Phi) is 6.72. The van der Waals surface area contributed by atoms with Gasteiger partial charge in [-0.05, 0) is 42.2 Å². The van der Waals surface area contributed by atoms with Gasteiger partial charge in [0, 0.05) is 24.7 Å². The lowest BCUT2D eigenvalue weighted by Crippen LogP contribution is -2.36. The van der Waals surface area contributed by atoms with Crippen LogP contribution in [-0.4, -0.2) is 34.7 Å². The summed E-state index contributed by atoms with van der Waals surface area (Å²) in [4.78, 5) is 30.4. The van der Waals surface area contributed by atoms with Crippen molar-refractivity contribution in [1.29, 1.82) is 0 Å². The smallest absolute Gasteiger partial charge is 0.277 e. The van der Waals surface area contributed by atoms with Crippen molar-refractivity contribution >= 4 is 29.0 Å². The van der Waals surface area contributed by atoms with Crippen molar-refractivity contribution in [3.8, 4) is 0 Å². The second kappa shape index (κ2) is 9.84. The summed E-state index contributed by atoms with van der Waals surface area (Å²) in [5.74, 6) is -0.475. The molecule has 32 heavy (non-hydrogen) atoms. The summed E-state index contributed by atoms with van der Waals surface area (Å²) in [6, 6.07) is 27.0. The number of nitrogens with zero attached hydrogens (tertiary/aromatic N) is 2. The Morgan fingerprint density at radius 2 is 1.41 bits per heavy atom. The Bertz CT molecular complexity index is 1130. The van der Waals surface area contributed by atoms with Crippen molar-refractivity contribution in [2.45, 2.75) is 19.9 Å². The first kappa shape index (κ1) is 21.8. The normalized spacial score (nSPS) is 13.8. The number of carbonyl (C=O) groups is 2. The van der Waals surface area contributed by atoms with Gasteiger partial charge in [-0.25, -0.2) is 0 Å². The molecular formula is C27H25ClN2O2. The molecule has 4 rings (SSSR count).